The predicted molar refractivity (Wildman–Crippen MR) is 85.5 cm³/mol. The number of amides is 2. The third-order valence-electron chi connectivity index (χ3n) is 4.52. The van der Waals surface area contributed by atoms with Crippen molar-refractivity contribution in [2.75, 3.05) is 13.1 Å². The number of carbonyl (C=O) groups is 2. The van der Waals surface area contributed by atoms with E-state index in [1.807, 2.05) is 32.6 Å². The quantitative estimate of drug-likeness (QED) is 0.737. The van der Waals surface area contributed by atoms with Crippen LogP contribution in [-0.2, 0) is 9.53 Å². The van der Waals surface area contributed by atoms with Gasteiger partial charge in [0.2, 0.25) is 5.91 Å². The second-order valence-corrected chi connectivity index (χ2v) is 7.42. The van der Waals surface area contributed by atoms with Gasteiger partial charge in [-0.25, -0.2) is 4.79 Å². The van der Waals surface area contributed by atoms with Crippen LogP contribution < -0.4 is 0 Å². The van der Waals surface area contributed by atoms with Crippen LogP contribution in [0.15, 0.2) is 12.7 Å². The van der Waals surface area contributed by atoms with Gasteiger partial charge in [0.1, 0.15) is 11.1 Å². The van der Waals surface area contributed by atoms with E-state index in [9.17, 15) is 9.59 Å². The summed E-state index contributed by atoms with van der Waals surface area (Å²) in [5.41, 5.74) is -1.26. The molecule has 0 aromatic rings. The largest absolute Gasteiger partial charge is 0.444 e. The lowest BCUT2D eigenvalue weighted by atomic mass is 9.89. The lowest BCUT2D eigenvalue weighted by molar-refractivity contribution is -0.153. The van der Waals surface area contributed by atoms with Gasteiger partial charge in [-0.3, -0.25) is 9.69 Å². The van der Waals surface area contributed by atoms with Crippen LogP contribution in [0.25, 0.3) is 0 Å². The van der Waals surface area contributed by atoms with E-state index >= 15 is 0 Å². The van der Waals surface area contributed by atoms with Crippen LogP contribution in [0.4, 0.5) is 4.79 Å². The van der Waals surface area contributed by atoms with Gasteiger partial charge < -0.3 is 9.64 Å². The number of carbonyl (C=O) groups excluding carboxylic acids is 2. The molecule has 2 aliphatic rings. The molecule has 1 heterocycles. The first-order valence-electron chi connectivity index (χ1n) is 8.14. The van der Waals surface area contributed by atoms with Crippen LogP contribution >= 0.6 is 0 Å². The van der Waals surface area contributed by atoms with Gasteiger partial charge in [0.05, 0.1) is 0 Å². The molecule has 1 saturated heterocycles. The normalized spacial score (nSPS) is 24.7. The molecular weight excluding hydrogens is 280 g/mol. The van der Waals surface area contributed by atoms with Crippen molar-refractivity contribution in [3.8, 4) is 0 Å². The van der Waals surface area contributed by atoms with Crippen LogP contribution in [0.2, 0.25) is 0 Å². The lowest BCUT2D eigenvalue weighted by Crippen LogP contribution is -2.69. The summed E-state index contributed by atoms with van der Waals surface area (Å²) in [7, 11) is 0. The number of nitrogens with zero attached hydrogens (tertiary/aromatic N) is 2. The summed E-state index contributed by atoms with van der Waals surface area (Å²) in [6.07, 6.45) is 4.78. The van der Waals surface area contributed by atoms with Crippen LogP contribution in [0.5, 0.6) is 0 Å². The minimum Gasteiger partial charge on any atom is -0.444 e. The third-order valence-corrected chi connectivity index (χ3v) is 4.52. The standard InChI is InChI=1S/C17H28N2O3/c1-6-11-18-13(2)12-19(15(21)22-16(3,4)5)17(14(18)20)9-7-8-10-17/h6,13H,1,7-12H2,2-5H3. The highest BCUT2D eigenvalue weighted by atomic mass is 16.6. The van der Waals surface area contributed by atoms with Crippen LogP contribution in [0, 0.1) is 0 Å². The maximum Gasteiger partial charge on any atom is 0.411 e. The van der Waals surface area contributed by atoms with E-state index in [1.54, 1.807) is 11.0 Å². The summed E-state index contributed by atoms with van der Waals surface area (Å²) in [6.45, 7) is 12.3. The lowest BCUT2D eigenvalue weighted by Gasteiger charge is -2.50. The van der Waals surface area contributed by atoms with Crippen molar-refractivity contribution in [2.24, 2.45) is 0 Å². The zero-order valence-corrected chi connectivity index (χ0v) is 14.2. The molecule has 1 aliphatic heterocycles. The Morgan fingerprint density at radius 2 is 2.00 bits per heavy atom. The fourth-order valence-corrected chi connectivity index (χ4v) is 3.53. The number of rotatable bonds is 2. The number of hydrogen-bond donors (Lipinski definition) is 0. The zero-order chi connectivity index (χ0) is 16.5. The minimum atomic E-state index is -0.710. The molecule has 2 amide bonds. The van der Waals surface area contributed by atoms with Crippen molar-refractivity contribution < 1.29 is 14.3 Å². The van der Waals surface area contributed by atoms with Gasteiger partial charge in [-0.1, -0.05) is 18.9 Å². The second-order valence-electron chi connectivity index (χ2n) is 7.42. The van der Waals surface area contributed by atoms with Crippen molar-refractivity contribution in [3.05, 3.63) is 12.7 Å². The summed E-state index contributed by atoms with van der Waals surface area (Å²) in [5, 5.41) is 0. The van der Waals surface area contributed by atoms with Crippen LogP contribution in [0.3, 0.4) is 0 Å². The molecule has 1 aliphatic carbocycles. The highest BCUT2D eigenvalue weighted by Crippen LogP contribution is 2.41. The first kappa shape index (κ1) is 16.8. The Hall–Kier alpha value is -1.52. The molecule has 1 unspecified atom stereocenters. The Bertz CT molecular complexity index is 461. The van der Waals surface area contributed by atoms with Gasteiger partial charge in [0.15, 0.2) is 0 Å². The predicted octanol–water partition coefficient (Wildman–Crippen LogP) is 2.95. The van der Waals surface area contributed by atoms with Gasteiger partial charge in [-0.15, -0.1) is 6.58 Å². The number of ether oxygens (including phenoxy) is 1. The molecule has 5 nitrogen and oxygen atoms in total. The van der Waals surface area contributed by atoms with E-state index in [2.05, 4.69) is 6.58 Å². The highest BCUT2D eigenvalue weighted by molar-refractivity contribution is 5.92. The highest BCUT2D eigenvalue weighted by Gasteiger charge is 2.55. The SMILES string of the molecule is C=CCN1C(=O)C2(CCCC2)N(C(=O)OC(C)(C)C)CC1C. The number of hydrogen-bond acceptors (Lipinski definition) is 3. The molecule has 1 spiro atoms. The molecule has 22 heavy (non-hydrogen) atoms. The van der Waals surface area contributed by atoms with E-state index in [1.165, 1.54) is 0 Å². The van der Waals surface area contributed by atoms with Gasteiger partial charge in [0.25, 0.3) is 0 Å². The second kappa shape index (κ2) is 5.94. The average Bonchev–Trinajstić information content (AvgIpc) is 2.87. The Balaban J connectivity index is 2.30. The molecule has 0 bridgehead atoms. The molecule has 0 aromatic carbocycles. The monoisotopic (exact) mass is 308 g/mol. The van der Waals surface area contributed by atoms with Crippen molar-refractivity contribution in [3.63, 3.8) is 0 Å². The molecule has 0 radical (unpaired) electrons. The maximum atomic E-state index is 13.1. The minimum absolute atomic E-state index is 0.0238. The molecule has 2 fully saturated rings. The van der Waals surface area contributed by atoms with Crippen molar-refractivity contribution in [2.45, 2.75) is 70.6 Å². The van der Waals surface area contributed by atoms with Gasteiger partial charge >= 0.3 is 6.09 Å². The first-order valence-corrected chi connectivity index (χ1v) is 8.14. The van der Waals surface area contributed by atoms with Crippen molar-refractivity contribution in [1.82, 2.24) is 9.80 Å². The Kier molecular flexibility index (Phi) is 4.54. The molecule has 1 saturated carbocycles. The van der Waals surface area contributed by atoms with E-state index in [-0.39, 0.29) is 18.0 Å². The molecule has 5 heteroatoms. The Morgan fingerprint density at radius 3 is 2.50 bits per heavy atom. The third kappa shape index (κ3) is 2.99. The van der Waals surface area contributed by atoms with Crippen molar-refractivity contribution >= 4 is 12.0 Å². The topological polar surface area (TPSA) is 49.9 Å². The summed E-state index contributed by atoms with van der Waals surface area (Å²) >= 11 is 0. The fraction of sp³-hybridized carbons (Fsp3) is 0.765. The van der Waals surface area contributed by atoms with E-state index < -0.39 is 11.1 Å². The molecule has 2 rings (SSSR count). The average molecular weight is 308 g/mol. The number of piperazine rings is 1. The van der Waals surface area contributed by atoms with Gasteiger partial charge in [0, 0.05) is 19.1 Å². The van der Waals surface area contributed by atoms with E-state index in [4.69, 9.17) is 4.74 Å². The van der Waals surface area contributed by atoms with E-state index in [0.29, 0.717) is 13.1 Å². The first-order chi connectivity index (χ1) is 10.2. The molecule has 124 valence electrons. The van der Waals surface area contributed by atoms with Crippen LogP contribution in [-0.4, -0.2) is 52.1 Å². The fourth-order valence-electron chi connectivity index (χ4n) is 3.53. The Labute approximate surface area is 133 Å². The van der Waals surface area contributed by atoms with E-state index in [0.717, 1.165) is 25.7 Å². The molecule has 1 atom stereocenters. The van der Waals surface area contributed by atoms with Crippen molar-refractivity contribution in [1.29, 1.82) is 0 Å². The van der Waals surface area contributed by atoms with Gasteiger partial charge in [-0.05, 0) is 40.5 Å². The zero-order valence-electron chi connectivity index (χ0n) is 14.2. The molecular formula is C17H28N2O3. The van der Waals surface area contributed by atoms with Crippen LogP contribution in [0.1, 0.15) is 53.4 Å². The summed E-state index contributed by atoms with van der Waals surface area (Å²) < 4.78 is 5.55. The smallest absolute Gasteiger partial charge is 0.411 e. The maximum absolute atomic E-state index is 13.1. The Morgan fingerprint density at radius 1 is 1.41 bits per heavy atom. The molecule has 0 aromatic heterocycles. The summed E-state index contributed by atoms with van der Waals surface area (Å²) in [6, 6.07) is -0.0238. The summed E-state index contributed by atoms with van der Waals surface area (Å²) in [4.78, 5) is 29.2. The van der Waals surface area contributed by atoms with Gasteiger partial charge in [-0.2, -0.15) is 0 Å². The molecule has 0 N–H and O–H groups in total. The summed E-state index contributed by atoms with van der Waals surface area (Å²) in [5.74, 6) is 0.0505.